The Morgan fingerprint density at radius 1 is 1.12 bits per heavy atom. The summed E-state index contributed by atoms with van der Waals surface area (Å²) < 4.78 is 0. The molecule has 0 atom stereocenters. The Balaban J connectivity index is 0. The van der Waals surface area contributed by atoms with Crippen LogP contribution in [0.1, 0.15) is 2.85 Å². The fourth-order valence-corrected chi connectivity index (χ4v) is 0. The van der Waals surface area contributed by atoms with Crippen molar-refractivity contribution < 1.29 is 54.4 Å². The summed E-state index contributed by atoms with van der Waals surface area (Å²) in [7, 11) is 0. The average Bonchev–Trinajstić information content (AvgIpc) is 0. The number of rotatable bonds is 0. The van der Waals surface area contributed by atoms with E-state index in [2.05, 4.69) is 0 Å². The summed E-state index contributed by atoms with van der Waals surface area (Å²) in [6.07, 6.45) is 0. The molecule has 0 saturated heterocycles. The van der Waals surface area contributed by atoms with Gasteiger partial charge in [0, 0.05) is 51.5 Å². The van der Waals surface area contributed by atoms with Gasteiger partial charge in [0.25, 0.3) is 0 Å². The average molecular weight is 677 g/mol. The van der Waals surface area contributed by atoms with E-state index in [0.717, 1.165) is 0 Å². The van der Waals surface area contributed by atoms with Gasteiger partial charge in [-0.3, -0.25) is 0 Å². The van der Waals surface area contributed by atoms with Crippen LogP contribution >= 0.6 is 0 Å². The minimum atomic E-state index is 0. The molecule has 0 bridgehead atoms. The summed E-state index contributed by atoms with van der Waals surface area (Å²) >= 11 is 0. The Kier molecular flexibility index (Phi) is 485. The van der Waals surface area contributed by atoms with Gasteiger partial charge in [-0.05, 0) is 0 Å². The fraction of sp³-hybridized carbons (Fsp3) is 0. The molecule has 0 unspecified atom stereocenters. The minimum absolute atomic E-state index is 0. The van der Waals surface area contributed by atoms with Gasteiger partial charge in [0.1, 0.15) is 0 Å². The second-order valence-electron chi connectivity index (χ2n) is 0. The van der Waals surface area contributed by atoms with Crippen molar-refractivity contribution in [3.05, 3.63) is 0 Å². The van der Waals surface area contributed by atoms with Crippen molar-refractivity contribution in [3.63, 3.8) is 0 Å². The van der Waals surface area contributed by atoms with Crippen molar-refractivity contribution in [2.45, 2.75) is 0 Å². The van der Waals surface area contributed by atoms with Crippen LogP contribution in [-0.2, 0) is 51.5 Å². The Hall–Kier alpha value is 5.42. The van der Waals surface area contributed by atoms with Gasteiger partial charge < -0.3 is 2.85 Å². The first-order valence-corrected chi connectivity index (χ1v) is 0. The first kappa shape index (κ1) is 70.4. The van der Waals surface area contributed by atoms with E-state index in [0.29, 0.717) is 0 Å². The van der Waals surface area contributed by atoms with Crippen LogP contribution < -0.4 is 0 Å². The second kappa shape index (κ2) is 55.1. The first-order valence-electron chi connectivity index (χ1n) is 0. The van der Waals surface area contributed by atoms with E-state index in [-0.39, 0.29) is 171 Å². The molecule has 0 aromatic carbocycles. The van der Waals surface area contributed by atoms with Gasteiger partial charge in [-0.15, -0.1) is 0 Å². The summed E-state index contributed by atoms with van der Waals surface area (Å²) in [6, 6.07) is 0. The second-order valence-corrected chi connectivity index (χ2v) is 0. The summed E-state index contributed by atoms with van der Waals surface area (Å²) in [5.74, 6) is 0. The Morgan fingerprint density at radius 2 is 1.12 bits per heavy atom. The van der Waals surface area contributed by atoms with E-state index in [4.69, 9.17) is 0 Å². The molecule has 0 saturated carbocycles. The van der Waals surface area contributed by atoms with Gasteiger partial charge in [-0.1, -0.05) is 0 Å². The van der Waals surface area contributed by atoms with Crippen molar-refractivity contribution in [2.24, 2.45) is 0 Å². The molecule has 8 heteroatoms. The van der Waals surface area contributed by atoms with E-state index in [1.165, 1.54) is 0 Å². The standard InChI is InChI=1S/Al.Bi.Cr.Cu.In.Mg.Mn.Sn.13H/q;;;;;+2;;;;;;;;;;;;;;2*-1. The van der Waals surface area contributed by atoms with E-state index in [1.807, 2.05) is 0 Å². The van der Waals surface area contributed by atoms with Crippen molar-refractivity contribution in [1.82, 2.24) is 0 Å². The quantitative estimate of drug-likeness (QED) is 0.227. The molecule has 0 nitrogen and oxygen atoms in total. The third kappa shape index (κ3) is 42.2. The van der Waals surface area contributed by atoms with Crippen LogP contribution in [0.4, 0.5) is 0 Å². The van der Waals surface area contributed by atoms with Crippen LogP contribution in [0.25, 0.3) is 0 Å². The van der Waals surface area contributed by atoms with Gasteiger partial charge in [0.05, 0.1) is 0 Å². The zero-order valence-corrected chi connectivity index (χ0v) is 17.6. The number of hydrogen-bond donors (Lipinski definition) is 0. The zero-order chi connectivity index (χ0) is 0. The van der Waals surface area contributed by atoms with Crippen LogP contribution in [0.3, 0.4) is 0 Å². The van der Waals surface area contributed by atoms with E-state index in [1.54, 1.807) is 0 Å². The van der Waals surface area contributed by atoms with Gasteiger partial charge >= 0.3 is 99.0 Å². The van der Waals surface area contributed by atoms with Crippen molar-refractivity contribution >= 4 is 116 Å². The topological polar surface area (TPSA) is 0 Å². The van der Waals surface area contributed by atoms with Crippen molar-refractivity contribution in [3.8, 4) is 0 Å². The molecule has 0 aliphatic rings. The van der Waals surface area contributed by atoms with Gasteiger partial charge in [0.15, 0.2) is 17.4 Å². The molecule has 0 spiro atoms. The van der Waals surface area contributed by atoms with E-state index in [9.17, 15) is 0 Å². The molecule has 0 fully saturated rings. The summed E-state index contributed by atoms with van der Waals surface area (Å²) in [6.45, 7) is 0. The maximum absolute atomic E-state index is 0. The molecule has 0 aliphatic heterocycles. The zero-order valence-electron chi connectivity index (χ0n) is 5.21. The molecule has 8 heavy (non-hydrogen) atoms. The third-order valence-electron chi connectivity index (χ3n) is 0. The first-order chi connectivity index (χ1) is 0. The number of hydrogen-bond acceptors (Lipinski definition) is 0. The van der Waals surface area contributed by atoms with Crippen molar-refractivity contribution in [2.75, 3.05) is 0 Å². The van der Waals surface area contributed by atoms with Crippen LogP contribution in [-0.4, -0.2) is 116 Å². The van der Waals surface area contributed by atoms with Crippen LogP contribution in [0.15, 0.2) is 0 Å². The molecular formula is H13AlBiCrCuInMgMnSn. The van der Waals surface area contributed by atoms with Gasteiger partial charge in [-0.2, -0.15) is 0 Å². The Bertz CT molecular complexity index is 31.2. The summed E-state index contributed by atoms with van der Waals surface area (Å²) in [5.41, 5.74) is 0. The maximum atomic E-state index is 0. The molecule has 0 rings (SSSR count). The summed E-state index contributed by atoms with van der Waals surface area (Å²) in [4.78, 5) is 0. The van der Waals surface area contributed by atoms with E-state index >= 15 is 0 Å². The van der Waals surface area contributed by atoms with Gasteiger partial charge in [0.2, 0.25) is 0 Å². The van der Waals surface area contributed by atoms with Crippen molar-refractivity contribution in [1.29, 1.82) is 0 Å². The summed E-state index contributed by atoms with van der Waals surface area (Å²) in [5, 5.41) is 0. The molecular weight excluding hydrogens is 664 g/mol. The monoisotopic (exact) mass is 678 g/mol. The molecule has 0 heterocycles. The van der Waals surface area contributed by atoms with Gasteiger partial charge in [-0.25, -0.2) is 0 Å². The predicted molar refractivity (Wildman–Crippen MR) is 46.3 cm³/mol. The Labute approximate surface area is 167 Å². The van der Waals surface area contributed by atoms with Crippen LogP contribution in [0, 0.1) is 0 Å². The third-order valence-corrected chi connectivity index (χ3v) is 0. The van der Waals surface area contributed by atoms with E-state index < -0.39 is 0 Å². The molecule has 4 radical (unpaired) electrons. The van der Waals surface area contributed by atoms with Crippen LogP contribution in [0.5, 0.6) is 0 Å². The Morgan fingerprint density at radius 3 is 1.12 bits per heavy atom. The molecule has 0 N–H and O–H groups in total. The molecule has 0 aromatic heterocycles. The predicted octanol–water partition coefficient (Wildman–Crippen LogP) is -4.63. The molecule has 54 valence electrons. The normalized spacial score (nSPS) is 0. The molecule has 0 aliphatic carbocycles. The fourth-order valence-electron chi connectivity index (χ4n) is 0. The molecule has 0 amide bonds. The van der Waals surface area contributed by atoms with Crippen LogP contribution in [0.2, 0.25) is 0 Å². The SMILES string of the molecule is [AlH3].[BiH3].[Cr].[Cu].[H-].[H-].[InH3].[Mg+2].[Mn].[SnH2]. The molecule has 0 aromatic rings.